The van der Waals surface area contributed by atoms with E-state index in [-0.39, 0.29) is 23.7 Å². The van der Waals surface area contributed by atoms with Gasteiger partial charge in [-0.2, -0.15) is 0 Å². The maximum atomic E-state index is 13.3. The molecular weight excluding hydrogens is 223 g/mol. The molecule has 0 N–H and O–H groups in total. The van der Waals surface area contributed by atoms with Gasteiger partial charge in [-0.25, -0.2) is 4.39 Å². The Kier molecular flexibility index (Phi) is 3.54. The molecule has 0 aliphatic carbocycles. The Morgan fingerprint density at radius 3 is 3.00 bits per heavy atom. The first-order valence-electron chi connectivity index (χ1n) is 5.51. The molecule has 2 rings (SSSR count). The first kappa shape index (κ1) is 11.8. The number of Topliss-reactive ketones (excluding diaryl/α,β-unsaturated/α-hetero) is 1. The molecule has 0 atom stereocenters. The van der Waals surface area contributed by atoms with E-state index in [9.17, 15) is 9.18 Å². The number of hydrogen-bond donors (Lipinski definition) is 0. The summed E-state index contributed by atoms with van der Waals surface area (Å²) in [6, 6.07) is 6.12. The van der Waals surface area contributed by atoms with Crippen LogP contribution in [0.25, 0.3) is 11.0 Å². The van der Waals surface area contributed by atoms with Gasteiger partial charge in [0.1, 0.15) is 6.61 Å². The molecule has 0 unspecified atom stereocenters. The molecule has 0 spiro atoms. The highest BCUT2D eigenvalue weighted by Gasteiger charge is 2.14. The summed E-state index contributed by atoms with van der Waals surface area (Å²) in [5, 5.41) is 0.587. The number of ether oxygens (including phenoxy) is 1. The second kappa shape index (κ2) is 5.10. The number of rotatable bonds is 5. The molecular formula is C13H13FO3. The van der Waals surface area contributed by atoms with Crippen molar-refractivity contribution in [3.05, 3.63) is 35.8 Å². The molecule has 0 bridgehead atoms. The van der Waals surface area contributed by atoms with Crippen LogP contribution in [0.3, 0.4) is 0 Å². The molecule has 2 aromatic rings. The van der Waals surface area contributed by atoms with Crippen LogP contribution in [-0.4, -0.2) is 19.0 Å². The number of fused-ring (bicyclic) bond motifs is 1. The van der Waals surface area contributed by atoms with Gasteiger partial charge in [-0.1, -0.05) is 19.1 Å². The van der Waals surface area contributed by atoms with Crippen molar-refractivity contribution in [3.8, 4) is 0 Å². The fraction of sp³-hybridized carbons (Fsp3) is 0.308. The second-order valence-electron chi connectivity index (χ2n) is 3.74. The van der Waals surface area contributed by atoms with Crippen LogP contribution >= 0.6 is 0 Å². The molecule has 0 radical (unpaired) electrons. The molecule has 1 aromatic carbocycles. The van der Waals surface area contributed by atoms with Crippen LogP contribution in [-0.2, 0) is 4.74 Å². The first-order chi connectivity index (χ1) is 8.22. The smallest absolute Gasteiger partial charge is 0.223 e. The highest BCUT2D eigenvalue weighted by Crippen LogP contribution is 2.22. The van der Waals surface area contributed by atoms with Gasteiger partial charge in [-0.05, 0) is 18.6 Å². The van der Waals surface area contributed by atoms with Crippen LogP contribution in [0.4, 0.5) is 4.39 Å². The number of furan rings is 1. The number of carbonyl (C=O) groups excluding carboxylic acids is 1. The summed E-state index contributed by atoms with van der Waals surface area (Å²) < 4.78 is 23.6. The minimum absolute atomic E-state index is 0.0325. The number of para-hydroxylation sites is 1. The van der Waals surface area contributed by atoms with Gasteiger partial charge in [0.25, 0.3) is 0 Å². The third-order valence-corrected chi connectivity index (χ3v) is 2.35. The molecule has 4 heteroatoms. The molecule has 0 saturated carbocycles. The van der Waals surface area contributed by atoms with Crippen LogP contribution in [0.2, 0.25) is 0 Å². The highest BCUT2D eigenvalue weighted by atomic mass is 19.1. The summed E-state index contributed by atoms with van der Waals surface area (Å²) in [5.74, 6) is -0.591. The van der Waals surface area contributed by atoms with Crippen molar-refractivity contribution in [2.45, 2.75) is 13.3 Å². The normalized spacial score (nSPS) is 10.9. The number of halogens is 1. The van der Waals surface area contributed by atoms with Crippen molar-refractivity contribution in [2.24, 2.45) is 0 Å². The lowest BCUT2D eigenvalue weighted by Gasteiger charge is -1.98. The SMILES string of the molecule is CCCOCC(=O)c1cc2cccc(F)c2o1. The highest BCUT2D eigenvalue weighted by molar-refractivity contribution is 5.98. The van der Waals surface area contributed by atoms with Gasteiger partial charge in [-0.3, -0.25) is 4.79 Å². The summed E-state index contributed by atoms with van der Waals surface area (Å²) in [5.41, 5.74) is 0.117. The van der Waals surface area contributed by atoms with E-state index in [1.807, 2.05) is 6.92 Å². The van der Waals surface area contributed by atoms with Gasteiger partial charge in [0, 0.05) is 12.0 Å². The van der Waals surface area contributed by atoms with Gasteiger partial charge in [0.15, 0.2) is 17.2 Å². The van der Waals surface area contributed by atoms with Crippen LogP contribution in [0.5, 0.6) is 0 Å². The van der Waals surface area contributed by atoms with Gasteiger partial charge in [0.05, 0.1) is 0 Å². The van der Waals surface area contributed by atoms with Gasteiger partial charge in [-0.15, -0.1) is 0 Å². The van der Waals surface area contributed by atoms with Gasteiger partial charge in [0.2, 0.25) is 5.78 Å². The van der Waals surface area contributed by atoms with E-state index in [1.54, 1.807) is 12.1 Å². The molecule has 90 valence electrons. The topological polar surface area (TPSA) is 39.4 Å². The zero-order valence-corrected chi connectivity index (χ0v) is 9.53. The fourth-order valence-corrected chi connectivity index (χ4v) is 1.55. The Hall–Kier alpha value is -1.68. The molecule has 1 heterocycles. The lowest BCUT2D eigenvalue weighted by atomic mass is 10.2. The number of carbonyl (C=O) groups is 1. The van der Waals surface area contributed by atoms with E-state index >= 15 is 0 Å². The Balaban J connectivity index is 2.19. The molecule has 0 aliphatic rings. The fourth-order valence-electron chi connectivity index (χ4n) is 1.55. The Morgan fingerprint density at radius 2 is 2.29 bits per heavy atom. The van der Waals surface area contributed by atoms with E-state index < -0.39 is 5.82 Å². The van der Waals surface area contributed by atoms with E-state index in [1.165, 1.54) is 12.1 Å². The lowest BCUT2D eigenvalue weighted by Crippen LogP contribution is -2.08. The Morgan fingerprint density at radius 1 is 1.47 bits per heavy atom. The summed E-state index contributed by atoms with van der Waals surface area (Å²) in [7, 11) is 0. The van der Waals surface area contributed by atoms with Crippen LogP contribution in [0, 0.1) is 5.82 Å². The standard InChI is InChI=1S/C13H13FO3/c1-2-6-16-8-11(15)12-7-9-4-3-5-10(14)13(9)17-12/h3-5,7H,2,6,8H2,1H3. The molecule has 17 heavy (non-hydrogen) atoms. The van der Waals surface area contributed by atoms with E-state index in [4.69, 9.17) is 9.15 Å². The molecule has 3 nitrogen and oxygen atoms in total. The molecule has 0 saturated heterocycles. The van der Waals surface area contributed by atoms with Crippen molar-refractivity contribution >= 4 is 16.8 Å². The largest absolute Gasteiger partial charge is 0.450 e. The van der Waals surface area contributed by atoms with E-state index in [0.717, 1.165) is 6.42 Å². The van der Waals surface area contributed by atoms with Crippen LogP contribution < -0.4 is 0 Å². The van der Waals surface area contributed by atoms with E-state index in [0.29, 0.717) is 12.0 Å². The van der Waals surface area contributed by atoms with Crippen molar-refractivity contribution in [1.82, 2.24) is 0 Å². The third-order valence-electron chi connectivity index (χ3n) is 2.35. The first-order valence-corrected chi connectivity index (χ1v) is 5.51. The number of ketones is 1. The van der Waals surface area contributed by atoms with E-state index in [2.05, 4.69) is 0 Å². The Bertz CT molecular complexity index is 530. The van der Waals surface area contributed by atoms with Gasteiger partial charge >= 0.3 is 0 Å². The van der Waals surface area contributed by atoms with Crippen LogP contribution in [0.15, 0.2) is 28.7 Å². The molecule has 0 aliphatic heterocycles. The predicted octanol–water partition coefficient (Wildman–Crippen LogP) is 3.18. The van der Waals surface area contributed by atoms with Gasteiger partial charge < -0.3 is 9.15 Å². The Labute approximate surface area is 98.2 Å². The monoisotopic (exact) mass is 236 g/mol. The second-order valence-corrected chi connectivity index (χ2v) is 3.74. The minimum Gasteiger partial charge on any atom is -0.450 e. The van der Waals surface area contributed by atoms with Crippen molar-refractivity contribution in [1.29, 1.82) is 0 Å². The van der Waals surface area contributed by atoms with Crippen molar-refractivity contribution in [3.63, 3.8) is 0 Å². The summed E-state index contributed by atoms with van der Waals surface area (Å²) in [6.45, 7) is 2.46. The summed E-state index contributed by atoms with van der Waals surface area (Å²) in [6.07, 6.45) is 0.849. The minimum atomic E-state index is -0.462. The molecule has 1 aromatic heterocycles. The quantitative estimate of drug-likeness (QED) is 0.591. The number of benzene rings is 1. The molecule has 0 fully saturated rings. The molecule has 0 amide bonds. The van der Waals surface area contributed by atoms with Crippen LogP contribution in [0.1, 0.15) is 23.9 Å². The maximum absolute atomic E-state index is 13.3. The maximum Gasteiger partial charge on any atom is 0.223 e. The summed E-state index contributed by atoms with van der Waals surface area (Å²) >= 11 is 0. The van der Waals surface area contributed by atoms with Crippen molar-refractivity contribution < 1.29 is 18.3 Å². The third kappa shape index (κ3) is 2.53. The summed E-state index contributed by atoms with van der Waals surface area (Å²) in [4.78, 5) is 11.7. The predicted molar refractivity (Wildman–Crippen MR) is 61.6 cm³/mol. The zero-order valence-electron chi connectivity index (χ0n) is 9.53. The average molecular weight is 236 g/mol. The lowest BCUT2D eigenvalue weighted by molar-refractivity contribution is 0.0736. The van der Waals surface area contributed by atoms with Crippen molar-refractivity contribution in [2.75, 3.05) is 13.2 Å². The average Bonchev–Trinajstić information content (AvgIpc) is 2.75. The number of hydrogen-bond acceptors (Lipinski definition) is 3. The zero-order chi connectivity index (χ0) is 12.3.